The highest BCUT2D eigenvalue weighted by Crippen LogP contribution is 2.23. The van der Waals surface area contributed by atoms with Crippen molar-refractivity contribution in [2.45, 2.75) is 37.8 Å². The Morgan fingerprint density at radius 3 is 2.53 bits per heavy atom. The summed E-state index contributed by atoms with van der Waals surface area (Å²) in [4.78, 5) is 24.9. The summed E-state index contributed by atoms with van der Waals surface area (Å²) in [5.41, 5.74) is -0.00780. The van der Waals surface area contributed by atoms with Crippen molar-refractivity contribution in [3.63, 3.8) is 0 Å². The van der Waals surface area contributed by atoms with Crippen LogP contribution in [0.5, 0.6) is 0 Å². The number of amides is 1. The van der Waals surface area contributed by atoms with E-state index in [1.807, 2.05) is 14.1 Å². The van der Waals surface area contributed by atoms with Gasteiger partial charge in [-0.3, -0.25) is 4.79 Å². The van der Waals surface area contributed by atoms with Gasteiger partial charge in [0.1, 0.15) is 6.26 Å². The SMILES string of the molecule is CNC1CCC(N(C)C(=O)c2ccc(=O)oc2)CC1. The third-order valence-corrected chi connectivity index (χ3v) is 3.92. The Morgan fingerprint density at radius 2 is 2.00 bits per heavy atom. The first-order valence-corrected chi connectivity index (χ1v) is 6.65. The maximum Gasteiger partial charge on any atom is 0.335 e. The van der Waals surface area contributed by atoms with Crippen molar-refractivity contribution in [3.05, 3.63) is 34.4 Å². The monoisotopic (exact) mass is 264 g/mol. The van der Waals surface area contributed by atoms with E-state index in [0.29, 0.717) is 11.6 Å². The average molecular weight is 264 g/mol. The summed E-state index contributed by atoms with van der Waals surface area (Å²) in [5.74, 6) is -0.0864. The molecular weight excluding hydrogens is 244 g/mol. The molecule has 1 heterocycles. The van der Waals surface area contributed by atoms with Gasteiger partial charge in [-0.25, -0.2) is 4.79 Å². The van der Waals surface area contributed by atoms with Gasteiger partial charge in [-0.2, -0.15) is 0 Å². The molecule has 0 atom stereocenters. The molecule has 1 fully saturated rings. The third kappa shape index (κ3) is 3.23. The zero-order chi connectivity index (χ0) is 13.8. The predicted molar refractivity (Wildman–Crippen MR) is 72.2 cm³/mol. The van der Waals surface area contributed by atoms with E-state index in [0.717, 1.165) is 25.7 Å². The quantitative estimate of drug-likeness (QED) is 0.892. The highest BCUT2D eigenvalue weighted by molar-refractivity contribution is 5.93. The van der Waals surface area contributed by atoms with Crippen molar-refractivity contribution in [2.24, 2.45) is 0 Å². The van der Waals surface area contributed by atoms with Gasteiger partial charge >= 0.3 is 5.63 Å². The van der Waals surface area contributed by atoms with Crippen LogP contribution < -0.4 is 10.9 Å². The van der Waals surface area contributed by atoms with Gasteiger partial charge in [-0.15, -0.1) is 0 Å². The molecule has 0 saturated heterocycles. The number of nitrogens with zero attached hydrogens (tertiary/aromatic N) is 1. The van der Waals surface area contributed by atoms with Crippen LogP contribution in [0.4, 0.5) is 0 Å². The highest BCUT2D eigenvalue weighted by Gasteiger charge is 2.26. The molecule has 0 unspecified atom stereocenters. The molecule has 1 saturated carbocycles. The second-order valence-electron chi connectivity index (χ2n) is 5.05. The first kappa shape index (κ1) is 13.8. The molecular formula is C14H20N2O3. The molecule has 0 aliphatic heterocycles. The second-order valence-corrected chi connectivity index (χ2v) is 5.05. The van der Waals surface area contributed by atoms with Crippen LogP contribution in [0, 0.1) is 0 Å². The molecule has 0 aromatic carbocycles. The summed E-state index contributed by atoms with van der Waals surface area (Å²) < 4.78 is 4.74. The molecule has 2 rings (SSSR count). The van der Waals surface area contributed by atoms with E-state index in [2.05, 4.69) is 5.32 Å². The molecule has 1 aromatic rings. The molecule has 1 N–H and O–H groups in total. The molecule has 19 heavy (non-hydrogen) atoms. The standard InChI is InChI=1S/C14H20N2O3/c1-15-11-4-6-12(7-5-11)16(2)14(18)10-3-8-13(17)19-9-10/h3,8-9,11-12,15H,4-7H2,1-2H3. The molecule has 104 valence electrons. The topological polar surface area (TPSA) is 62.6 Å². The Balaban J connectivity index is 1.99. The number of nitrogens with one attached hydrogen (secondary N) is 1. The minimum Gasteiger partial charge on any atom is -0.430 e. The fourth-order valence-electron chi connectivity index (χ4n) is 2.60. The van der Waals surface area contributed by atoms with Crippen LogP contribution in [-0.2, 0) is 0 Å². The van der Waals surface area contributed by atoms with E-state index in [1.165, 1.54) is 18.4 Å². The maximum atomic E-state index is 12.3. The molecule has 0 bridgehead atoms. The highest BCUT2D eigenvalue weighted by atomic mass is 16.4. The van der Waals surface area contributed by atoms with Crippen LogP contribution in [0.25, 0.3) is 0 Å². The Kier molecular flexibility index (Phi) is 4.37. The molecule has 5 heteroatoms. The first-order chi connectivity index (χ1) is 9.11. The molecule has 1 aromatic heterocycles. The lowest BCUT2D eigenvalue weighted by Crippen LogP contribution is -2.42. The summed E-state index contributed by atoms with van der Waals surface area (Å²) in [7, 11) is 3.80. The number of hydrogen-bond acceptors (Lipinski definition) is 4. The molecule has 1 aliphatic rings. The minimum absolute atomic E-state index is 0.0864. The van der Waals surface area contributed by atoms with E-state index in [-0.39, 0.29) is 11.9 Å². The Morgan fingerprint density at radius 1 is 1.32 bits per heavy atom. The van der Waals surface area contributed by atoms with Crippen LogP contribution >= 0.6 is 0 Å². The normalized spacial score (nSPS) is 23.1. The smallest absolute Gasteiger partial charge is 0.335 e. The second kappa shape index (κ2) is 6.02. The summed E-state index contributed by atoms with van der Waals surface area (Å²) in [6.45, 7) is 0. The maximum absolute atomic E-state index is 12.3. The summed E-state index contributed by atoms with van der Waals surface area (Å²) in [5, 5.41) is 3.28. The van der Waals surface area contributed by atoms with Crippen molar-refractivity contribution in [3.8, 4) is 0 Å². The average Bonchev–Trinajstić information content (AvgIpc) is 2.46. The molecule has 1 aliphatic carbocycles. The van der Waals surface area contributed by atoms with Crippen LogP contribution in [0.3, 0.4) is 0 Å². The number of rotatable bonds is 3. The zero-order valence-corrected chi connectivity index (χ0v) is 11.4. The lowest BCUT2D eigenvalue weighted by atomic mass is 9.90. The summed E-state index contributed by atoms with van der Waals surface area (Å²) in [6.07, 6.45) is 5.42. The van der Waals surface area contributed by atoms with Gasteiger partial charge in [-0.1, -0.05) is 0 Å². The van der Waals surface area contributed by atoms with Gasteiger partial charge in [0.25, 0.3) is 5.91 Å². The number of carbonyl (C=O) groups excluding carboxylic acids is 1. The van der Waals surface area contributed by atoms with Gasteiger partial charge in [0, 0.05) is 25.2 Å². The van der Waals surface area contributed by atoms with Gasteiger partial charge in [0.2, 0.25) is 0 Å². The van der Waals surface area contributed by atoms with Crippen molar-refractivity contribution in [2.75, 3.05) is 14.1 Å². The number of carbonyl (C=O) groups is 1. The first-order valence-electron chi connectivity index (χ1n) is 6.65. The van der Waals surface area contributed by atoms with Crippen molar-refractivity contribution in [1.82, 2.24) is 10.2 Å². The van der Waals surface area contributed by atoms with Crippen LogP contribution in [0.15, 0.2) is 27.6 Å². The molecule has 0 spiro atoms. The fraction of sp³-hybridized carbons (Fsp3) is 0.571. The van der Waals surface area contributed by atoms with Gasteiger partial charge < -0.3 is 14.6 Å². The van der Waals surface area contributed by atoms with Crippen LogP contribution in [-0.4, -0.2) is 37.0 Å². The zero-order valence-electron chi connectivity index (χ0n) is 11.4. The third-order valence-electron chi connectivity index (χ3n) is 3.92. The molecule has 1 amide bonds. The molecule has 5 nitrogen and oxygen atoms in total. The largest absolute Gasteiger partial charge is 0.430 e. The van der Waals surface area contributed by atoms with Gasteiger partial charge in [0.15, 0.2) is 0 Å². The summed E-state index contributed by atoms with van der Waals surface area (Å²) in [6, 6.07) is 3.63. The lowest BCUT2D eigenvalue weighted by Gasteiger charge is -2.34. The van der Waals surface area contributed by atoms with Gasteiger partial charge in [-0.05, 0) is 38.8 Å². The molecule has 0 radical (unpaired) electrons. The Hall–Kier alpha value is -1.62. The minimum atomic E-state index is -0.436. The van der Waals surface area contributed by atoms with E-state index in [9.17, 15) is 9.59 Å². The van der Waals surface area contributed by atoms with Crippen molar-refractivity contribution >= 4 is 5.91 Å². The predicted octanol–water partition coefficient (Wildman–Crippen LogP) is 1.24. The van der Waals surface area contributed by atoms with Gasteiger partial charge in [0.05, 0.1) is 5.56 Å². The summed E-state index contributed by atoms with van der Waals surface area (Å²) >= 11 is 0. The van der Waals surface area contributed by atoms with E-state index in [4.69, 9.17) is 4.42 Å². The fourth-order valence-corrected chi connectivity index (χ4v) is 2.60. The van der Waals surface area contributed by atoms with E-state index < -0.39 is 5.63 Å². The van der Waals surface area contributed by atoms with E-state index >= 15 is 0 Å². The Labute approximate surface area is 112 Å². The lowest BCUT2D eigenvalue weighted by molar-refractivity contribution is 0.0683. The van der Waals surface area contributed by atoms with Crippen LogP contribution in [0.1, 0.15) is 36.0 Å². The van der Waals surface area contributed by atoms with Crippen molar-refractivity contribution < 1.29 is 9.21 Å². The van der Waals surface area contributed by atoms with Crippen LogP contribution in [0.2, 0.25) is 0 Å². The van der Waals surface area contributed by atoms with Crippen molar-refractivity contribution in [1.29, 1.82) is 0 Å². The number of hydrogen-bond donors (Lipinski definition) is 1. The Bertz CT molecular complexity index is 469. The van der Waals surface area contributed by atoms with E-state index in [1.54, 1.807) is 4.90 Å².